The molecule has 1 aromatic carbocycles. The zero-order chi connectivity index (χ0) is 20.7. The molecule has 1 aliphatic rings. The Kier molecular flexibility index (Phi) is 7.61. The van der Waals surface area contributed by atoms with E-state index in [9.17, 15) is 19.5 Å². The molecule has 0 radical (unpaired) electrons. The van der Waals surface area contributed by atoms with E-state index >= 15 is 0 Å². The van der Waals surface area contributed by atoms with Crippen LogP contribution in [0.5, 0.6) is 0 Å². The highest BCUT2D eigenvalue weighted by atomic mass is 16.4. The standard InChI is InChI=1S/C22H32N2O4/c1-4-22(5-2,21(27)28)15-19(25)23-17-13-11-16(12-14-17)20(26)24(3)18-9-7-6-8-10-18/h11-14,18H,4-10,15H2,1-3H3,(H,23,25)(H,27,28). The lowest BCUT2D eigenvalue weighted by Crippen LogP contribution is -2.38. The van der Waals surface area contributed by atoms with E-state index in [1.165, 1.54) is 19.3 Å². The zero-order valence-corrected chi connectivity index (χ0v) is 17.2. The fourth-order valence-corrected chi connectivity index (χ4v) is 3.92. The van der Waals surface area contributed by atoms with Gasteiger partial charge in [0.05, 0.1) is 5.41 Å². The first-order valence-corrected chi connectivity index (χ1v) is 10.2. The van der Waals surface area contributed by atoms with E-state index in [4.69, 9.17) is 0 Å². The Morgan fingerprint density at radius 2 is 1.64 bits per heavy atom. The molecule has 0 bridgehead atoms. The van der Waals surface area contributed by atoms with Gasteiger partial charge in [0, 0.05) is 30.8 Å². The Morgan fingerprint density at radius 1 is 1.07 bits per heavy atom. The fraction of sp³-hybridized carbons (Fsp3) is 0.591. The Labute approximate surface area is 167 Å². The molecule has 0 aromatic heterocycles. The predicted octanol–water partition coefficient (Wildman–Crippen LogP) is 4.31. The number of carbonyl (C=O) groups is 3. The molecule has 154 valence electrons. The average molecular weight is 389 g/mol. The molecule has 0 unspecified atom stereocenters. The molecule has 0 heterocycles. The third-order valence-electron chi connectivity index (χ3n) is 6.16. The van der Waals surface area contributed by atoms with Gasteiger partial charge < -0.3 is 15.3 Å². The fourth-order valence-electron chi connectivity index (χ4n) is 3.92. The maximum atomic E-state index is 12.7. The lowest BCUT2D eigenvalue weighted by molar-refractivity contribution is -0.151. The van der Waals surface area contributed by atoms with Gasteiger partial charge in [-0.3, -0.25) is 14.4 Å². The van der Waals surface area contributed by atoms with Crippen LogP contribution < -0.4 is 5.32 Å². The van der Waals surface area contributed by atoms with Crippen LogP contribution in [-0.2, 0) is 9.59 Å². The minimum atomic E-state index is -1.04. The lowest BCUT2D eigenvalue weighted by Gasteiger charge is -2.31. The first-order chi connectivity index (χ1) is 13.3. The van der Waals surface area contributed by atoms with Gasteiger partial charge in [0.15, 0.2) is 0 Å². The van der Waals surface area contributed by atoms with Crippen molar-refractivity contribution >= 4 is 23.5 Å². The minimum Gasteiger partial charge on any atom is -0.481 e. The Bertz CT molecular complexity index is 689. The molecule has 2 amide bonds. The summed E-state index contributed by atoms with van der Waals surface area (Å²) in [4.78, 5) is 38.4. The maximum absolute atomic E-state index is 12.7. The average Bonchev–Trinajstić information content (AvgIpc) is 2.72. The molecule has 2 rings (SSSR count). The number of anilines is 1. The molecule has 0 saturated heterocycles. The second-order valence-corrected chi connectivity index (χ2v) is 7.80. The number of carboxylic acids is 1. The van der Waals surface area contributed by atoms with E-state index in [1.807, 2.05) is 11.9 Å². The zero-order valence-electron chi connectivity index (χ0n) is 17.2. The molecule has 0 aliphatic heterocycles. The summed E-state index contributed by atoms with van der Waals surface area (Å²) in [5.74, 6) is -1.28. The van der Waals surface area contributed by atoms with Crippen LogP contribution in [0.3, 0.4) is 0 Å². The summed E-state index contributed by atoms with van der Waals surface area (Å²) in [6.07, 6.45) is 6.40. The number of rotatable bonds is 8. The highest BCUT2D eigenvalue weighted by molar-refractivity contribution is 5.96. The molecule has 28 heavy (non-hydrogen) atoms. The Balaban J connectivity index is 1.99. The Hall–Kier alpha value is -2.37. The smallest absolute Gasteiger partial charge is 0.310 e. The summed E-state index contributed by atoms with van der Waals surface area (Å²) >= 11 is 0. The topological polar surface area (TPSA) is 86.7 Å². The van der Waals surface area contributed by atoms with Crippen LogP contribution in [0.1, 0.15) is 75.6 Å². The molecule has 6 heteroatoms. The SMILES string of the molecule is CCC(CC)(CC(=O)Nc1ccc(C(=O)N(C)C2CCCCC2)cc1)C(=O)O. The van der Waals surface area contributed by atoms with Crippen molar-refractivity contribution in [3.05, 3.63) is 29.8 Å². The van der Waals surface area contributed by atoms with Crippen molar-refractivity contribution in [2.24, 2.45) is 5.41 Å². The van der Waals surface area contributed by atoms with Crippen molar-refractivity contribution in [2.75, 3.05) is 12.4 Å². The number of carbonyl (C=O) groups excluding carboxylic acids is 2. The van der Waals surface area contributed by atoms with Crippen molar-refractivity contribution in [3.63, 3.8) is 0 Å². The van der Waals surface area contributed by atoms with Gasteiger partial charge >= 0.3 is 5.97 Å². The highest BCUT2D eigenvalue weighted by Crippen LogP contribution is 2.31. The highest BCUT2D eigenvalue weighted by Gasteiger charge is 2.37. The van der Waals surface area contributed by atoms with Crippen molar-refractivity contribution in [1.29, 1.82) is 0 Å². The van der Waals surface area contributed by atoms with E-state index in [2.05, 4.69) is 5.32 Å². The summed E-state index contributed by atoms with van der Waals surface area (Å²) < 4.78 is 0. The van der Waals surface area contributed by atoms with Crippen molar-refractivity contribution in [2.45, 2.75) is 71.3 Å². The second kappa shape index (κ2) is 9.71. The van der Waals surface area contributed by atoms with Gasteiger partial charge in [0.1, 0.15) is 0 Å². The monoisotopic (exact) mass is 388 g/mol. The third-order valence-corrected chi connectivity index (χ3v) is 6.16. The number of amides is 2. The van der Waals surface area contributed by atoms with Crippen LogP contribution in [0.25, 0.3) is 0 Å². The molecule has 6 nitrogen and oxygen atoms in total. The van der Waals surface area contributed by atoms with Crippen molar-refractivity contribution < 1.29 is 19.5 Å². The molecule has 0 atom stereocenters. The van der Waals surface area contributed by atoms with Crippen LogP contribution >= 0.6 is 0 Å². The predicted molar refractivity (Wildman–Crippen MR) is 109 cm³/mol. The number of nitrogens with zero attached hydrogens (tertiary/aromatic N) is 1. The molecular formula is C22H32N2O4. The van der Waals surface area contributed by atoms with Gasteiger partial charge in [0.2, 0.25) is 5.91 Å². The van der Waals surface area contributed by atoms with Crippen LogP contribution in [-0.4, -0.2) is 40.9 Å². The molecule has 1 aromatic rings. The number of hydrogen-bond donors (Lipinski definition) is 2. The summed E-state index contributed by atoms with van der Waals surface area (Å²) in [7, 11) is 1.86. The van der Waals surface area contributed by atoms with Gasteiger partial charge in [-0.2, -0.15) is 0 Å². The van der Waals surface area contributed by atoms with Crippen LogP contribution in [0, 0.1) is 5.41 Å². The minimum absolute atomic E-state index is 0.00774. The summed E-state index contributed by atoms with van der Waals surface area (Å²) in [6.45, 7) is 3.57. The van der Waals surface area contributed by atoms with Crippen LogP contribution in [0.15, 0.2) is 24.3 Å². The van der Waals surface area contributed by atoms with Gasteiger partial charge in [0.25, 0.3) is 5.91 Å². The van der Waals surface area contributed by atoms with Gasteiger partial charge in [-0.15, -0.1) is 0 Å². The second-order valence-electron chi connectivity index (χ2n) is 7.80. The third kappa shape index (κ3) is 5.12. The summed E-state index contributed by atoms with van der Waals surface area (Å²) in [5.41, 5.74) is 0.115. The van der Waals surface area contributed by atoms with E-state index in [0.717, 1.165) is 12.8 Å². The van der Waals surface area contributed by atoms with E-state index < -0.39 is 11.4 Å². The number of carboxylic acid groups (broad SMARTS) is 1. The molecule has 1 fully saturated rings. The quantitative estimate of drug-likeness (QED) is 0.695. The number of benzene rings is 1. The molecular weight excluding hydrogens is 356 g/mol. The first-order valence-electron chi connectivity index (χ1n) is 10.2. The largest absolute Gasteiger partial charge is 0.481 e. The van der Waals surface area contributed by atoms with E-state index in [-0.39, 0.29) is 18.2 Å². The van der Waals surface area contributed by atoms with E-state index in [1.54, 1.807) is 38.1 Å². The van der Waals surface area contributed by atoms with Gasteiger partial charge in [-0.1, -0.05) is 33.1 Å². The molecule has 1 aliphatic carbocycles. The maximum Gasteiger partial charge on any atom is 0.310 e. The number of aliphatic carboxylic acids is 1. The lowest BCUT2D eigenvalue weighted by atomic mass is 9.79. The van der Waals surface area contributed by atoms with Crippen LogP contribution in [0.2, 0.25) is 0 Å². The summed E-state index contributed by atoms with van der Waals surface area (Å²) in [5, 5.41) is 12.2. The first kappa shape index (κ1) is 21.9. The number of nitrogens with one attached hydrogen (secondary N) is 1. The van der Waals surface area contributed by atoms with Gasteiger partial charge in [-0.25, -0.2) is 0 Å². The van der Waals surface area contributed by atoms with Gasteiger partial charge in [-0.05, 0) is 49.9 Å². The van der Waals surface area contributed by atoms with E-state index in [0.29, 0.717) is 30.1 Å². The van der Waals surface area contributed by atoms with Crippen LogP contribution in [0.4, 0.5) is 5.69 Å². The Morgan fingerprint density at radius 3 is 2.14 bits per heavy atom. The molecule has 1 saturated carbocycles. The van der Waals surface area contributed by atoms with Crippen molar-refractivity contribution in [3.8, 4) is 0 Å². The molecule has 0 spiro atoms. The molecule has 2 N–H and O–H groups in total. The normalized spacial score (nSPS) is 15.1. The number of hydrogen-bond acceptors (Lipinski definition) is 3. The summed E-state index contributed by atoms with van der Waals surface area (Å²) in [6, 6.07) is 7.11. The van der Waals surface area contributed by atoms with Crippen molar-refractivity contribution in [1.82, 2.24) is 4.90 Å².